The first-order chi connectivity index (χ1) is 11.2. The summed E-state index contributed by atoms with van der Waals surface area (Å²) in [7, 11) is 0. The van der Waals surface area contributed by atoms with Crippen LogP contribution >= 0.6 is 23.2 Å². The number of carbonyl (C=O) groups excluding carboxylic acids is 2. The van der Waals surface area contributed by atoms with E-state index in [1.54, 1.807) is 28.0 Å². The van der Waals surface area contributed by atoms with Gasteiger partial charge in [-0.25, -0.2) is 4.79 Å². The van der Waals surface area contributed by atoms with E-state index in [2.05, 4.69) is 5.32 Å². The maximum Gasteiger partial charge on any atom is 0.317 e. The first kappa shape index (κ1) is 18.9. The number of nitrogens with one attached hydrogen (secondary N) is 1. The molecule has 0 aliphatic carbocycles. The van der Waals surface area contributed by atoms with E-state index < -0.39 is 0 Å². The zero-order valence-electron chi connectivity index (χ0n) is 14.2. The van der Waals surface area contributed by atoms with E-state index in [-0.39, 0.29) is 17.5 Å². The molecule has 0 saturated carbocycles. The van der Waals surface area contributed by atoms with Gasteiger partial charge in [0.1, 0.15) is 0 Å². The van der Waals surface area contributed by atoms with Crippen LogP contribution < -0.4 is 5.32 Å². The van der Waals surface area contributed by atoms with Crippen molar-refractivity contribution in [3.05, 3.63) is 33.8 Å². The van der Waals surface area contributed by atoms with E-state index in [1.165, 1.54) is 0 Å². The van der Waals surface area contributed by atoms with Crippen LogP contribution in [0.2, 0.25) is 10.0 Å². The van der Waals surface area contributed by atoms with Crippen LogP contribution in [-0.2, 0) is 0 Å². The maximum atomic E-state index is 12.7. The molecule has 5 nitrogen and oxygen atoms in total. The average molecular weight is 372 g/mol. The molecule has 0 aromatic heterocycles. The summed E-state index contributed by atoms with van der Waals surface area (Å²) in [4.78, 5) is 28.4. The first-order valence-electron chi connectivity index (χ1n) is 7.99. The monoisotopic (exact) mass is 371 g/mol. The fourth-order valence-electron chi connectivity index (χ4n) is 2.56. The fraction of sp³-hybridized carbons (Fsp3) is 0.529. The van der Waals surface area contributed by atoms with Crippen LogP contribution in [0.25, 0.3) is 0 Å². The van der Waals surface area contributed by atoms with Crippen molar-refractivity contribution in [1.82, 2.24) is 15.1 Å². The summed E-state index contributed by atoms with van der Waals surface area (Å²) < 4.78 is 0. The van der Waals surface area contributed by atoms with Crippen molar-refractivity contribution in [2.24, 2.45) is 0 Å². The third-order valence-electron chi connectivity index (χ3n) is 3.71. The molecule has 2 rings (SSSR count). The minimum atomic E-state index is -0.282. The standard InChI is InChI=1S/C17H23Cl2N3O2/c1-17(2,3)20-16(24)22-8-4-7-21(9-10-22)15(23)13-6-5-12(18)11-14(13)19/h5-6,11H,4,7-10H2,1-3H3,(H,20,24). The summed E-state index contributed by atoms with van der Waals surface area (Å²) in [6, 6.07) is 4.77. The molecule has 1 aromatic rings. The zero-order valence-corrected chi connectivity index (χ0v) is 15.7. The van der Waals surface area contributed by atoms with Crippen molar-refractivity contribution >= 4 is 35.1 Å². The van der Waals surface area contributed by atoms with Gasteiger partial charge in [-0.3, -0.25) is 4.79 Å². The lowest BCUT2D eigenvalue weighted by Crippen LogP contribution is -2.49. The molecule has 1 N–H and O–H groups in total. The Hall–Kier alpha value is -1.46. The third kappa shape index (κ3) is 5.02. The number of hydrogen-bond donors (Lipinski definition) is 1. The molecule has 1 heterocycles. The highest BCUT2D eigenvalue weighted by Gasteiger charge is 2.25. The summed E-state index contributed by atoms with van der Waals surface area (Å²) in [5.74, 6) is -0.130. The molecular formula is C17H23Cl2N3O2. The van der Waals surface area contributed by atoms with Gasteiger partial charge in [-0.05, 0) is 45.4 Å². The van der Waals surface area contributed by atoms with Gasteiger partial charge in [-0.15, -0.1) is 0 Å². The fourth-order valence-corrected chi connectivity index (χ4v) is 3.05. The molecule has 24 heavy (non-hydrogen) atoms. The third-order valence-corrected chi connectivity index (χ3v) is 4.26. The van der Waals surface area contributed by atoms with E-state index in [0.717, 1.165) is 6.42 Å². The van der Waals surface area contributed by atoms with Gasteiger partial charge in [0.2, 0.25) is 0 Å². The maximum absolute atomic E-state index is 12.7. The highest BCUT2D eigenvalue weighted by molar-refractivity contribution is 6.36. The minimum absolute atomic E-state index is 0.0960. The molecule has 1 aliphatic rings. The molecule has 0 unspecified atom stereocenters. The summed E-state index contributed by atoms with van der Waals surface area (Å²) in [5, 5.41) is 3.80. The van der Waals surface area contributed by atoms with Crippen molar-refractivity contribution in [1.29, 1.82) is 0 Å². The molecule has 1 aromatic carbocycles. The van der Waals surface area contributed by atoms with E-state index in [9.17, 15) is 9.59 Å². The van der Waals surface area contributed by atoms with Crippen LogP contribution in [0.5, 0.6) is 0 Å². The van der Waals surface area contributed by atoms with Gasteiger partial charge in [0.25, 0.3) is 5.91 Å². The van der Waals surface area contributed by atoms with Crippen LogP contribution in [0.4, 0.5) is 4.79 Å². The number of carbonyl (C=O) groups is 2. The normalized spacial score (nSPS) is 15.9. The second-order valence-corrected chi connectivity index (χ2v) is 7.78. The molecule has 0 atom stereocenters. The number of benzene rings is 1. The van der Waals surface area contributed by atoms with Gasteiger partial charge < -0.3 is 15.1 Å². The molecule has 132 valence electrons. The Bertz CT molecular complexity index is 629. The molecule has 0 spiro atoms. The molecule has 1 aliphatic heterocycles. The molecule has 3 amide bonds. The van der Waals surface area contributed by atoms with Crippen LogP contribution in [0.3, 0.4) is 0 Å². The van der Waals surface area contributed by atoms with Gasteiger partial charge in [0.15, 0.2) is 0 Å². The first-order valence-corrected chi connectivity index (χ1v) is 8.74. The van der Waals surface area contributed by atoms with Gasteiger partial charge in [0, 0.05) is 36.7 Å². The second kappa shape index (κ2) is 7.62. The van der Waals surface area contributed by atoms with Crippen LogP contribution in [0.1, 0.15) is 37.6 Å². The Morgan fingerprint density at radius 2 is 1.67 bits per heavy atom. The highest BCUT2D eigenvalue weighted by atomic mass is 35.5. The van der Waals surface area contributed by atoms with Crippen molar-refractivity contribution in [3.63, 3.8) is 0 Å². The van der Waals surface area contributed by atoms with E-state index >= 15 is 0 Å². The average Bonchev–Trinajstić information content (AvgIpc) is 2.70. The summed E-state index contributed by atoms with van der Waals surface area (Å²) >= 11 is 12.0. The van der Waals surface area contributed by atoms with Gasteiger partial charge in [-0.1, -0.05) is 23.2 Å². The molecule has 7 heteroatoms. The number of hydrogen-bond acceptors (Lipinski definition) is 2. The second-order valence-electron chi connectivity index (χ2n) is 6.94. The largest absolute Gasteiger partial charge is 0.337 e. The number of urea groups is 1. The minimum Gasteiger partial charge on any atom is -0.337 e. The molecule has 0 bridgehead atoms. The Labute approximate surface area is 152 Å². The van der Waals surface area contributed by atoms with Gasteiger partial charge >= 0.3 is 6.03 Å². The summed E-state index contributed by atoms with van der Waals surface area (Å²) in [6.45, 7) is 8.04. The van der Waals surface area contributed by atoms with Crippen molar-refractivity contribution in [2.75, 3.05) is 26.2 Å². The quantitative estimate of drug-likeness (QED) is 0.818. The van der Waals surface area contributed by atoms with Crippen molar-refractivity contribution in [2.45, 2.75) is 32.7 Å². The number of halogens is 2. The number of nitrogens with zero attached hydrogens (tertiary/aromatic N) is 2. The molecule has 0 radical (unpaired) electrons. The highest BCUT2D eigenvalue weighted by Crippen LogP contribution is 2.23. The lowest BCUT2D eigenvalue weighted by molar-refractivity contribution is 0.0762. The summed E-state index contributed by atoms with van der Waals surface area (Å²) in [6.07, 6.45) is 0.731. The van der Waals surface area contributed by atoms with Crippen molar-refractivity contribution < 1.29 is 9.59 Å². The molecule has 1 saturated heterocycles. The predicted octanol–water partition coefficient (Wildman–Crippen LogP) is 3.65. The van der Waals surface area contributed by atoms with Crippen LogP contribution in [0.15, 0.2) is 18.2 Å². The predicted molar refractivity (Wildman–Crippen MR) is 96.8 cm³/mol. The van der Waals surface area contributed by atoms with Crippen molar-refractivity contribution in [3.8, 4) is 0 Å². The van der Waals surface area contributed by atoms with Crippen LogP contribution in [0, 0.1) is 0 Å². The lowest BCUT2D eigenvalue weighted by atomic mass is 10.1. The topological polar surface area (TPSA) is 52.7 Å². The van der Waals surface area contributed by atoms with Crippen LogP contribution in [-0.4, -0.2) is 53.5 Å². The van der Waals surface area contributed by atoms with Gasteiger partial charge in [0.05, 0.1) is 10.6 Å². The van der Waals surface area contributed by atoms with E-state index in [0.29, 0.717) is 41.8 Å². The van der Waals surface area contributed by atoms with E-state index in [1.807, 2.05) is 20.8 Å². The van der Waals surface area contributed by atoms with E-state index in [4.69, 9.17) is 23.2 Å². The Balaban J connectivity index is 2.02. The smallest absolute Gasteiger partial charge is 0.317 e. The molecular weight excluding hydrogens is 349 g/mol. The SMILES string of the molecule is CC(C)(C)NC(=O)N1CCCN(C(=O)c2ccc(Cl)cc2Cl)CC1. The van der Waals surface area contributed by atoms with Gasteiger partial charge in [-0.2, -0.15) is 0 Å². The lowest BCUT2D eigenvalue weighted by Gasteiger charge is -2.27. The summed E-state index contributed by atoms with van der Waals surface area (Å²) in [5.41, 5.74) is 0.157. The zero-order chi connectivity index (χ0) is 17.9. The Morgan fingerprint density at radius 3 is 2.29 bits per heavy atom. The Kier molecular flexibility index (Phi) is 5.99. The molecule has 1 fully saturated rings. The number of amides is 3. The Morgan fingerprint density at radius 1 is 1.04 bits per heavy atom. The number of rotatable bonds is 1.